The molecule has 0 radical (unpaired) electrons. The van der Waals surface area contributed by atoms with Gasteiger partial charge < -0.3 is 4.57 Å². The molecular weight excluding hydrogens is 238 g/mol. The van der Waals surface area contributed by atoms with Crippen molar-refractivity contribution in [3.8, 4) is 0 Å². The summed E-state index contributed by atoms with van der Waals surface area (Å²) in [5.41, 5.74) is 3.01. The Kier molecular flexibility index (Phi) is 2.58. The number of carbonyl (C=O) groups excluding carboxylic acids is 1. The molecule has 2 aliphatic rings. The van der Waals surface area contributed by atoms with Gasteiger partial charge in [0.25, 0.3) is 5.56 Å². The van der Waals surface area contributed by atoms with E-state index in [1.807, 2.05) is 10.6 Å². The van der Waals surface area contributed by atoms with E-state index in [0.29, 0.717) is 11.6 Å². The summed E-state index contributed by atoms with van der Waals surface area (Å²) >= 11 is 5.40. The normalized spacial score (nSPS) is 18.2. The third-order valence-electron chi connectivity index (χ3n) is 3.60. The van der Waals surface area contributed by atoms with Crippen molar-refractivity contribution in [2.45, 2.75) is 44.6 Å². The number of fused-ring (bicyclic) bond motifs is 1. The van der Waals surface area contributed by atoms with Crippen LogP contribution in [-0.4, -0.2) is 9.81 Å². The van der Waals surface area contributed by atoms with Crippen molar-refractivity contribution in [2.24, 2.45) is 0 Å². The maximum atomic E-state index is 12.3. The third kappa shape index (κ3) is 1.93. The fourth-order valence-electron chi connectivity index (χ4n) is 2.73. The summed E-state index contributed by atoms with van der Waals surface area (Å²) in [4.78, 5) is 23.3. The van der Waals surface area contributed by atoms with Crippen molar-refractivity contribution in [3.05, 3.63) is 33.2 Å². The van der Waals surface area contributed by atoms with Crippen molar-refractivity contribution < 1.29 is 4.79 Å². The smallest absolute Gasteiger partial charge is 0.254 e. The summed E-state index contributed by atoms with van der Waals surface area (Å²) < 4.78 is 1.93. The van der Waals surface area contributed by atoms with E-state index < -0.39 is 5.24 Å². The standard InChI is InChI=1S/C13H14ClNO2/c14-12(16)7-9-6-8-2-1-3-11(8)15(13(9)17)10-4-5-10/h6,10H,1-5,7H2. The summed E-state index contributed by atoms with van der Waals surface area (Å²) in [6.45, 7) is 0. The summed E-state index contributed by atoms with van der Waals surface area (Å²) in [7, 11) is 0. The molecule has 3 rings (SSSR count). The number of halogens is 1. The first-order chi connectivity index (χ1) is 8.16. The summed E-state index contributed by atoms with van der Waals surface area (Å²) in [5.74, 6) is 0. The van der Waals surface area contributed by atoms with Gasteiger partial charge in [0.15, 0.2) is 0 Å². The first-order valence-electron chi connectivity index (χ1n) is 6.11. The van der Waals surface area contributed by atoms with Gasteiger partial charge in [0, 0.05) is 17.3 Å². The van der Waals surface area contributed by atoms with Gasteiger partial charge in [-0.3, -0.25) is 9.59 Å². The van der Waals surface area contributed by atoms with E-state index in [2.05, 4.69) is 0 Å². The van der Waals surface area contributed by atoms with Crippen LogP contribution in [0.15, 0.2) is 10.9 Å². The molecule has 0 bridgehead atoms. The van der Waals surface area contributed by atoms with Crippen molar-refractivity contribution in [1.29, 1.82) is 0 Å². The second-order valence-electron chi connectivity index (χ2n) is 4.93. The molecule has 0 saturated heterocycles. The number of hydrogen-bond donors (Lipinski definition) is 0. The highest BCUT2D eigenvalue weighted by atomic mass is 35.5. The van der Waals surface area contributed by atoms with E-state index in [1.54, 1.807) is 0 Å². The average Bonchev–Trinajstić information content (AvgIpc) is 2.98. The van der Waals surface area contributed by atoms with Crippen molar-refractivity contribution in [2.75, 3.05) is 0 Å². The van der Waals surface area contributed by atoms with Crippen LogP contribution in [-0.2, 0) is 24.1 Å². The van der Waals surface area contributed by atoms with Crippen LogP contribution in [0.2, 0.25) is 0 Å². The second kappa shape index (κ2) is 3.98. The molecular formula is C13H14ClNO2. The predicted molar refractivity (Wildman–Crippen MR) is 65.6 cm³/mol. The number of nitrogens with zero attached hydrogens (tertiary/aromatic N) is 1. The Bertz CT molecular complexity index is 543. The van der Waals surface area contributed by atoms with Gasteiger partial charge in [0.1, 0.15) is 0 Å². The highest BCUT2D eigenvalue weighted by Crippen LogP contribution is 2.37. The molecule has 17 heavy (non-hydrogen) atoms. The Morgan fingerprint density at radius 3 is 2.82 bits per heavy atom. The number of aromatic nitrogens is 1. The highest BCUT2D eigenvalue weighted by molar-refractivity contribution is 6.63. The lowest BCUT2D eigenvalue weighted by Crippen LogP contribution is -2.27. The minimum atomic E-state index is -0.456. The summed E-state index contributed by atoms with van der Waals surface area (Å²) in [6, 6.07) is 2.27. The van der Waals surface area contributed by atoms with Crippen LogP contribution >= 0.6 is 11.6 Å². The third-order valence-corrected chi connectivity index (χ3v) is 3.74. The van der Waals surface area contributed by atoms with Gasteiger partial charge in [-0.2, -0.15) is 0 Å². The molecule has 0 aliphatic heterocycles. The highest BCUT2D eigenvalue weighted by Gasteiger charge is 2.30. The van der Waals surface area contributed by atoms with Crippen LogP contribution < -0.4 is 5.56 Å². The number of rotatable bonds is 3. The van der Waals surface area contributed by atoms with Gasteiger partial charge in [-0.05, 0) is 55.3 Å². The first-order valence-corrected chi connectivity index (χ1v) is 6.49. The molecule has 90 valence electrons. The van der Waals surface area contributed by atoms with Crippen LogP contribution in [0, 0.1) is 0 Å². The lowest BCUT2D eigenvalue weighted by molar-refractivity contribution is -0.111. The van der Waals surface area contributed by atoms with E-state index in [4.69, 9.17) is 11.6 Å². The Balaban J connectivity index is 2.15. The Labute approximate surface area is 104 Å². The minimum absolute atomic E-state index is 0.00199. The molecule has 1 aromatic rings. The Hall–Kier alpha value is -1.09. The molecule has 0 atom stereocenters. The molecule has 4 heteroatoms. The van der Waals surface area contributed by atoms with Gasteiger partial charge in [-0.25, -0.2) is 0 Å². The summed E-state index contributed by atoms with van der Waals surface area (Å²) in [6.07, 6.45) is 5.36. The Morgan fingerprint density at radius 1 is 1.41 bits per heavy atom. The lowest BCUT2D eigenvalue weighted by atomic mass is 10.1. The van der Waals surface area contributed by atoms with Crippen LogP contribution in [0.1, 0.15) is 42.1 Å². The molecule has 0 aromatic carbocycles. The maximum absolute atomic E-state index is 12.3. The molecule has 3 nitrogen and oxygen atoms in total. The second-order valence-corrected chi connectivity index (χ2v) is 5.35. The topological polar surface area (TPSA) is 39.1 Å². The molecule has 0 spiro atoms. The predicted octanol–water partition coefficient (Wildman–Crippen LogP) is 1.98. The fraction of sp³-hybridized carbons (Fsp3) is 0.538. The van der Waals surface area contributed by atoms with E-state index in [1.165, 1.54) is 11.3 Å². The lowest BCUT2D eigenvalue weighted by Gasteiger charge is -2.13. The molecule has 1 aromatic heterocycles. The van der Waals surface area contributed by atoms with E-state index in [9.17, 15) is 9.59 Å². The van der Waals surface area contributed by atoms with Gasteiger partial charge in [-0.15, -0.1) is 0 Å². The quantitative estimate of drug-likeness (QED) is 0.771. The number of aryl methyl sites for hydroxylation is 1. The van der Waals surface area contributed by atoms with Gasteiger partial charge in [0.05, 0.1) is 6.42 Å². The number of carbonyl (C=O) groups is 1. The first kappa shape index (κ1) is 11.0. The van der Waals surface area contributed by atoms with Crippen LogP contribution in [0.4, 0.5) is 0 Å². The summed E-state index contributed by atoms with van der Waals surface area (Å²) in [5, 5.41) is -0.456. The van der Waals surface area contributed by atoms with E-state index in [0.717, 1.165) is 32.1 Å². The molecule has 1 saturated carbocycles. The van der Waals surface area contributed by atoms with Crippen molar-refractivity contribution in [3.63, 3.8) is 0 Å². The van der Waals surface area contributed by atoms with Crippen molar-refractivity contribution >= 4 is 16.8 Å². The van der Waals surface area contributed by atoms with Gasteiger partial charge in [-0.1, -0.05) is 0 Å². The number of hydrogen-bond acceptors (Lipinski definition) is 2. The van der Waals surface area contributed by atoms with Crippen molar-refractivity contribution in [1.82, 2.24) is 4.57 Å². The molecule has 1 heterocycles. The largest absolute Gasteiger partial charge is 0.309 e. The van der Waals surface area contributed by atoms with Gasteiger partial charge in [0.2, 0.25) is 5.24 Å². The number of pyridine rings is 1. The van der Waals surface area contributed by atoms with E-state index in [-0.39, 0.29) is 12.0 Å². The van der Waals surface area contributed by atoms with Crippen LogP contribution in [0.25, 0.3) is 0 Å². The SMILES string of the molecule is O=C(Cl)Cc1cc2c(n(C3CC3)c1=O)CCC2. The Morgan fingerprint density at radius 2 is 2.18 bits per heavy atom. The molecule has 0 N–H and O–H groups in total. The van der Waals surface area contributed by atoms with E-state index >= 15 is 0 Å². The van der Waals surface area contributed by atoms with Crippen LogP contribution in [0.5, 0.6) is 0 Å². The van der Waals surface area contributed by atoms with Crippen LogP contribution in [0.3, 0.4) is 0 Å². The van der Waals surface area contributed by atoms with Gasteiger partial charge >= 0.3 is 0 Å². The fourth-order valence-corrected chi connectivity index (χ4v) is 2.87. The zero-order chi connectivity index (χ0) is 12.0. The minimum Gasteiger partial charge on any atom is -0.309 e. The maximum Gasteiger partial charge on any atom is 0.254 e. The molecule has 1 fully saturated rings. The molecule has 0 unspecified atom stereocenters. The zero-order valence-electron chi connectivity index (χ0n) is 9.54. The zero-order valence-corrected chi connectivity index (χ0v) is 10.3. The molecule has 2 aliphatic carbocycles. The monoisotopic (exact) mass is 251 g/mol. The molecule has 0 amide bonds. The average molecular weight is 252 g/mol.